The molecular formula is C6H13O6P. The van der Waals surface area contributed by atoms with Crippen molar-refractivity contribution in [1.82, 2.24) is 0 Å². The molecule has 2 atom stereocenters. The van der Waals surface area contributed by atoms with E-state index in [1.165, 1.54) is 13.8 Å². The van der Waals surface area contributed by atoms with Crippen molar-refractivity contribution < 1.29 is 28.0 Å². The van der Waals surface area contributed by atoms with Crippen LogP contribution in [0.1, 0.15) is 13.8 Å². The zero-order chi connectivity index (χ0) is 10.5. The van der Waals surface area contributed by atoms with Gasteiger partial charge >= 0.3 is 13.8 Å². The molecule has 0 spiro atoms. The summed E-state index contributed by atoms with van der Waals surface area (Å²) in [6.07, 6.45) is -0.576. The summed E-state index contributed by atoms with van der Waals surface area (Å²) in [6.45, 7) is 2.60. The van der Waals surface area contributed by atoms with E-state index in [0.717, 1.165) is 7.11 Å². The van der Waals surface area contributed by atoms with E-state index in [0.29, 0.717) is 0 Å². The quantitative estimate of drug-likeness (QED) is 0.533. The van der Waals surface area contributed by atoms with E-state index in [4.69, 9.17) is 4.89 Å². The molecular weight excluding hydrogens is 199 g/mol. The Morgan fingerprint density at radius 3 is 2.54 bits per heavy atom. The summed E-state index contributed by atoms with van der Waals surface area (Å²) in [4.78, 5) is 19.2. The summed E-state index contributed by atoms with van der Waals surface area (Å²) >= 11 is 0. The monoisotopic (exact) mass is 212 g/mol. The van der Waals surface area contributed by atoms with Crippen LogP contribution in [-0.4, -0.2) is 30.7 Å². The summed E-state index contributed by atoms with van der Waals surface area (Å²) in [5.74, 6) is -0.471. The Hall–Kier alpha value is -0.420. The van der Waals surface area contributed by atoms with Crippen LogP contribution in [0.2, 0.25) is 0 Å². The lowest BCUT2D eigenvalue weighted by Gasteiger charge is -2.13. The fourth-order valence-corrected chi connectivity index (χ4v) is 1.07. The highest BCUT2D eigenvalue weighted by Crippen LogP contribution is 2.41. The molecule has 0 aromatic heterocycles. The Kier molecular flexibility index (Phi) is 5.17. The molecule has 0 aromatic rings. The molecule has 0 heterocycles. The van der Waals surface area contributed by atoms with Crippen LogP contribution in [0.15, 0.2) is 0 Å². The first kappa shape index (κ1) is 12.6. The van der Waals surface area contributed by atoms with E-state index >= 15 is 0 Å². The lowest BCUT2D eigenvalue weighted by atomic mass is 10.4. The maximum absolute atomic E-state index is 10.7. The molecule has 6 nitrogen and oxygen atoms in total. The molecule has 1 N–H and O–H groups in total. The number of rotatable bonds is 5. The molecule has 0 radical (unpaired) electrons. The molecule has 0 saturated carbocycles. The van der Waals surface area contributed by atoms with E-state index in [1.807, 2.05) is 0 Å². The molecule has 0 aliphatic rings. The number of phosphoric ester groups is 1. The van der Waals surface area contributed by atoms with Crippen molar-refractivity contribution in [3.05, 3.63) is 0 Å². The van der Waals surface area contributed by atoms with Crippen LogP contribution in [0.3, 0.4) is 0 Å². The molecule has 13 heavy (non-hydrogen) atoms. The number of esters is 1. The van der Waals surface area contributed by atoms with E-state index in [1.54, 1.807) is 0 Å². The molecule has 0 aliphatic carbocycles. The van der Waals surface area contributed by atoms with Crippen molar-refractivity contribution in [3.8, 4) is 0 Å². The molecule has 7 heteroatoms. The summed E-state index contributed by atoms with van der Waals surface area (Å²) in [7, 11) is -2.91. The number of hydrogen-bond acceptors (Lipinski definition) is 5. The molecule has 0 fully saturated rings. The van der Waals surface area contributed by atoms with Crippen molar-refractivity contribution in [2.75, 3.05) is 13.7 Å². The predicted octanol–water partition coefficient (Wildman–Crippen LogP) is 0.701. The molecule has 2 unspecified atom stereocenters. The second-order valence-corrected chi connectivity index (χ2v) is 3.93. The van der Waals surface area contributed by atoms with Gasteiger partial charge in [0.25, 0.3) is 0 Å². The SMILES string of the molecule is COP(=O)(O)OCC(C)OC(C)=O. The minimum atomic E-state index is -3.96. The van der Waals surface area contributed by atoms with Gasteiger partial charge in [-0.05, 0) is 6.92 Å². The first-order valence-electron chi connectivity index (χ1n) is 3.57. The third-order valence-corrected chi connectivity index (χ3v) is 2.01. The maximum atomic E-state index is 10.7. The van der Waals surface area contributed by atoms with Gasteiger partial charge in [-0.1, -0.05) is 0 Å². The predicted molar refractivity (Wildman–Crippen MR) is 44.0 cm³/mol. The topological polar surface area (TPSA) is 82.1 Å². The van der Waals surface area contributed by atoms with E-state index in [-0.39, 0.29) is 6.61 Å². The van der Waals surface area contributed by atoms with Gasteiger partial charge in [-0.15, -0.1) is 0 Å². The molecule has 0 aliphatic heterocycles. The molecule has 0 saturated heterocycles. The van der Waals surface area contributed by atoms with Gasteiger partial charge in [0.2, 0.25) is 0 Å². The molecule has 78 valence electrons. The molecule has 0 bridgehead atoms. The Labute approximate surface area is 76.4 Å². The summed E-state index contributed by atoms with van der Waals surface area (Å²) in [5.41, 5.74) is 0. The fourth-order valence-electron chi connectivity index (χ4n) is 0.569. The van der Waals surface area contributed by atoms with Crippen molar-refractivity contribution in [2.45, 2.75) is 20.0 Å². The van der Waals surface area contributed by atoms with Gasteiger partial charge in [0.15, 0.2) is 0 Å². The fraction of sp³-hybridized carbons (Fsp3) is 0.833. The van der Waals surface area contributed by atoms with Gasteiger partial charge in [0, 0.05) is 14.0 Å². The van der Waals surface area contributed by atoms with E-state index < -0.39 is 19.9 Å². The second-order valence-electron chi connectivity index (χ2n) is 2.37. The zero-order valence-corrected chi connectivity index (χ0v) is 8.61. The minimum absolute atomic E-state index is 0.179. The summed E-state index contributed by atoms with van der Waals surface area (Å²) in [5, 5.41) is 0. The molecule has 0 amide bonds. The molecule has 0 rings (SSSR count). The van der Waals surface area contributed by atoms with Crippen LogP contribution in [-0.2, 0) is 23.1 Å². The van der Waals surface area contributed by atoms with Gasteiger partial charge in [-0.3, -0.25) is 13.8 Å². The highest BCUT2D eigenvalue weighted by molar-refractivity contribution is 7.47. The third-order valence-electron chi connectivity index (χ3n) is 1.07. The lowest BCUT2D eigenvalue weighted by Crippen LogP contribution is -2.18. The zero-order valence-electron chi connectivity index (χ0n) is 7.72. The standard InChI is InChI=1S/C6H13O6P/c1-5(12-6(2)7)4-11-13(8,9)10-3/h5H,4H2,1-3H3,(H,8,9). The third kappa shape index (κ3) is 6.72. The van der Waals surface area contributed by atoms with Gasteiger partial charge in [0.1, 0.15) is 6.10 Å². The maximum Gasteiger partial charge on any atom is 0.472 e. The minimum Gasteiger partial charge on any atom is -0.460 e. The normalized spacial score (nSPS) is 17.5. The average Bonchev–Trinajstić information content (AvgIpc) is 2.00. The van der Waals surface area contributed by atoms with Crippen molar-refractivity contribution >= 4 is 13.8 Å². The number of ether oxygens (including phenoxy) is 1. The Morgan fingerprint density at radius 1 is 1.62 bits per heavy atom. The highest BCUT2D eigenvalue weighted by Gasteiger charge is 2.20. The van der Waals surface area contributed by atoms with Crippen LogP contribution in [0.4, 0.5) is 0 Å². The van der Waals surface area contributed by atoms with E-state index in [9.17, 15) is 9.36 Å². The van der Waals surface area contributed by atoms with Crippen molar-refractivity contribution in [1.29, 1.82) is 0 Å². The van der Waals surface area contributed by atoms with Crippen LogP contribution in [0.5, 0.6) is 0 Å². The van der Waals surface area contributed by atoms with Crippen LogP contribution in [0, 0.1) is 0 Å². The van der Waals surface area contributed by atoms with Gasteiger partial charge < -0.3 is 9.63 Å². The second kappa shape index (κ2) is 5.34. The Bertz CT molecular complexity index is 215. The van der Waals surface area contributed by atoms with Gasteiger partial charge in [-0.25, -0.2) is 4.57 Å². The Morgan fingerprint density at radius 2 is 2.15 bits per heavy atom. The molecule has 0 aromatic carbocycles. The van der Waals surface area contributed by atoms with Crippen LogP contribution in [0.25, 0.3) is 0 Å². The number of carbonyl (C=O) groups excluding carboxylic acids is 1. The van der Waals surface area contributed by atoms with Crippen molar-refractivity contribution in [3.63, 3.8) is 0 Å². The number of hydrogen-bond donors (Lipinski definition) is 1. The van der Waals surface area contributed by atoms with Crippen molar-refractivity contribution in [2.24, 2.45) is 0 Å². The first-order chi connectivity index (χ1) is 5.87. The van der Waals surface area contributed by atoms with Gasteiger partial charge in [-0.2, -0.15) is 0 Å². The number of carbonyl (C=O) groups is 1. The average molecular weight is 212 g/mol. The van der Waals surface area contributed by atoms with Crippen LogP contribution >= 0.6 is 7.82 Å². The lowest BCUT2D eigenvalue weighted by molar-refractivity contribution is -0.147. The summed E-state index contributed by atoms with van der Waals surface area (Å²) in [6, 6.07) is 0. The Balaban J connectivity index is 3.76. The van der Waals surface area contributed by atoms with E-state index in [2.05, 4.69) is 13.8 Å². The smallest absolute Gasteiger partial charge is 0.460 e. The van der Waals surface area contributed by atoms with Gasteiger partial charge in [0.05, 0.1) is 6.61 Å². The van der Waals surface area contributed by atoms with Crippen LogP contribution < -0.4 is 0 Å². The summed E-state index contributed by atoms with van der Waals surface area (Å²) < 4.78 is 24.0. The number of phosphoric acid groups is 1. The largest absolute Gasteiger partial charge is 0.472 e. The first-order valence-corrected chi connectivity index (χ1v) is 5.07. The highest BCUT2D eigenvalue weighted by atomic mass is 31.2.